The van der Waals surface area contributed by atoms with Gasteiger partial charge in [-0.05, 0) is 31.5 Å². The normalized spacial score (nSPS) is 15.2. The van der Waals surface area contributed by atoms with Crippen molar-refractivity contribution in [3.05, 3.63) is 52.4 Å². The van der Waals surface area contributed by atoms with Crippen molar-refractivity contribution in [3.63, 3.8) is 0 Å². The van der Waals surface area contributed by atoms with Crippen LogP contribution in [0.4, 0.5) is 30.4 Å². The number of halogens is 4. The first-order valence-electron chi connectivity index (χ1n) is 10.2. The van der Waals surface area contributed by atoms with E-state index in [1.807, 2.05) is 31.9 Å². The number of alkyl halides is 3. The van der Waals surface area contributed by atoms with Gasteiger partial charge in [-0.1, -0.05) is 22.9 Å². The van der Waals surface area contributed by atoms with Gasteiger partial charge in [-0.3, -0.25) is 4.79 Å². The maximum atomic E-state index is 12.5. The molecule has 0 saturated carbocycles. The van der Waals surface area contributed by atoms with Gasteiger partial charge in [0.2, 0.25) is 5.91 Å². The number of carbonyl (C=O) groups excluding carboxylic acids is 1. The number of pyridine rings is 1. The smallest absolute Gasteiger partial charge is 0.404 e. The van der Waals surface area contributed by atoms with Crippen LogP contribution in [0.15, 0.2) is 30.5 Å². The summed E-state index contributed by atoms with van der Waals surface area (Å²) in [6.45, 7) is 4.13. The van der Waals surface area contributed by atoms with Gasteiger partial charge < -0.3 is 20.3 Å². The molecule has 9 nitrogen and oxygen atoms in total. The SMILES string of the molecule is Cc1nc(NCc2cn(Cc3ccc(Cl)c(OC(F)(F)F)c3)nn2)cc2c1NC(=O)[C@H](C)N2C.S. The second-order valence-electron chi connectivity index (χ2n) is 7.84. The van der Waals surface area contributed by atoms with Crippen molar-refractivity contribution in [2.75, 3.05) is 22.6 Å². The minimum Gasteiger partial charge on any atom is -0.404 e. The molecule has 2 N–H and O–H groups in total. The molecule has 0 unspecified atom stereocenters. The molecule has 4 rings (SSSR count). The monoisotopic (exact) mass is 529 g/mol. The first-order chi connectivity index (χ1) is 16.0. The molecule has 2 aromatic heterocycles. The third kappa shape index (κ3) is 6.09. The molecule has 0 aliphatic carbocycles. The number of aryl methyl sites for hydroxylation is 1. The Bertz CT molecular complexity index is 1240. The van der Waals surface area contributed by atoms with E-state index in [-0.39, 0.29) is 37.0 Å². The number of hydrogen-bond acceptors (Lipinski definition) is 7. The predicted octanol–water partition coefficient (Wildman–Crippen LogP) is 4.08. The maximum Gasteiger partial charge on any atom is 0.573 e. The summed E-state index contributed by atoms with van der Waals surface area (Å²) in [5, 5.41) is 14.0. The zero-order valence-corrected chi connectivity index (χ0v) is 20.7. The summed E-state index contributed by atoms with van der Waals surface area (Å²) in [4.78, 5) is 18.4. The predicted molar refractivity (Wildman–Crippen MR) is 130 cm³/mol. The van der Waals surface area contributed by atoms with Gasteiger partial charge in [-0.25, -0.2) is 9.67 Å². The Morgan fingerprint density at radius 2 is 2.03 bits per heavy atom. The number of nitrogens with zero attached hydrogens (tertiary/aromatic N) is 5. The number of rotatable bonds is 6. The van der Waals surface area contributed by atoms with Crippen molar-refractivity contribution in [1.29, 1.82) is 0 Å². The van der Waals surface area contributed by atoms with E-state index in [1.54, 1.807) is 12.3 Å². The Kier molecular flexibility index (Phi) is 7.70. The van der Waals surface area contributed by atoms with Crippen molar-refractivity contribution in [2.24, 2.45) is 0 Å². The Morgan fingerprint density at radius 3 is 2.74 bits per heavy atom. The van der Waals surface area contributed by atoms with Crippen LogP contribution < -0.4 is 20.3 Å². The van der Waals surface area contributed by atoms with E-state index in [0.717, 1.165) is 5.69 Å². The summed E-state index contributed by atoms with van der Waals surface area (Å²) in [7, 11) is 1.85. The lowest BCUT2D eigenvalue weighted by atomic mass is 10.1. The number of amides is 1. The van der Waals surface area contributed by atoms with Crippen LogP contribution in [0.2, 0.25) is 5.02 Å². The van der Waals surface area contributed by atoms with Crippen molar-refractivity contribution < 1.29 is 22.7 Å². The van der Waals surface area contributed by atoms with Crippen LogP contribution in [0, 0.1) is 6.92 Å². The third-order valence-corrected chi connectivity index (χ3v) is 5.68. The fourth-order valence-corrected chi connectivity index (χ4v) is 3.66. The van der Waals surface area contributed by atoms with Gasteiger partial charge in [0, 0.05) is 13.1 Å². The second kappa shape index (κ2) is 10.2. The van der Waals surface area contributed by atoms with Crippen LogP contribution in [-0.2, 0) is 17.9 Å². The average Bonchev–Trinajstić information content (AvgIpc) is 3.20. The number of carbonyl (C=O) groups is 1. The number of fused-ring (bicyclic) bond motifs is 1. The second-order valence-corrected chi connectivity index (χ2v) is 8.24. The highest BCUT2D eigenvalue weighted by Crippen LogP contribution is 2.35. The van der Waals surface area contributed by atoms with Crippen LogP contribution in [0.3, 0.4) is 0 Å². The van der Waals surface area contributed by atoms with Gasteiger partial charge in [0.15, 0.2) is 0 Å². The Morgan fingerprint density at radius 1 is 1.29 bits per heavy atom. The topological polar surface area (TPSA) is 97.2 Å². The zero-order chi connectivity index (χ0) is 24.6. The summed E-state index contributed by atoms with van der Waals surface area (Å²) in [6.07, 6.45) is -3.17. The van der Waals surface area contributed by atoms with Gasteiger partial charge in [-0.15, -0.1) is 18.3 Å². The minimum atomic E-state index is -4.84. The molecule has 1 aliphatic heterocycles. The first-order valence-corrected chi connectivity index (χ1v) is 10.6. The minimum absolute atomic E-state index is 0. The fourth-order valence-electron chi connectivity index (χ4n) is 3.51. The van der Waals surface area contributed by atoms with E-state index in [0.29, 0.717) is 35.0 Å². The summed E-state index contributed by atoms with van der Waals surface area (Å²) in [6, 6.07) is 5.67. The van der Waals surface area contributed by atoms with E-state index in [4.69, 9.17) is 11.6 Å². The molecule has 0 radical (unpaired) electrons. The molecule has 1 atom stereocenters. The Hall–Kier alpha value is -3.19. The maximum absolute atomic E-state index is 12.5. The van der Waals surface area contributed by atoms with Crippen molar-refractivity contribution in [3.8, 4) is 5.75 Å². The number of benzene rings is 1. The largest absolute Gasteiger partial charge is 0.573 e. The van der Waals surface area contributed by atoms with Gasteiger partial charge in [0.05, 0.1) is 41.4 Å². The molecule has 1 aliphatic rings. The number of hydrogen-bond donors (Lipinski definition) is 2. The van der Waals surface area contributed by atoms with Crippen LogP contribution in [0.5, 0.6) is 5.75 Å². The summed E-state index contributed by atoms with van der Waals surface area (Å²) in [5.41, 5.74) is 3.33. The van der Waals surface area contributed by atoms with Crippen LogP contribution >= 0.6 is 25.1 Å². The fraction of sp³-hybridized carbons (Fsp3) is 0.333. The Balaban J connectivity index is 0.00000342. The number of aromatic nitrogens is 4. The molecule has 1 amide bonds. The molecular formula is C21H23ClF3N7O2S. The van der Waals surface area contributed by atoms with Crippen LogP contribution in [-0.4, -0.2) is 45.3 Å². The molecule has 188 valence electrons. The molecule has 0 bridgehead atoms. The summed E-state index contributed by atoms with van der Waals surface area (Å²) >= 11 is 5.79. The number of nitrogens with one attached hydrogen (secondary N) is 2. The lowest BCUT2D eigenvalue weighted by Gasteiger charge is -2.34. The molecule has 35 heavy (non-hydrogen) atoms. The summed E-state index contributed by atoms with van der Waals surface area (Å²) in [5.74, 6) is 0.0423. The molecule has 14 heteroatoms. The van der Waals surface area contributed by atoms with E-state index in [2.05, 4.69) is 30.7 Å². The third-order valence-electron chi connectivity index (χ3n) is 5.37. The van der Waals surface area contributed by atoms with E-state index in [9.17, 15) is 18.0 Å². The van der Waals surface area contributed by atoms with Gasteiger partial charge >= 0.3 is 6.36 Å². The van der Waals surface area contributed by atoms with Crippen molar-refractivity contribution in [2.45, 2.75) is 39.3 Å². The molecular weight excluding hydrogens is 507 g/mol. The highest BCUT2D eigenvalue weighted by molar-refractivity contribution is 7.59. The molecule has 0 saturated heterocycles. The molecule has 0 spiro atoms. The Labute approximate surface area is 211 Å². The van der Waals surface area contributed by atoms with E-state index < -0.39 is 12.1 Å². The van der Waals surface area contributed by atoms with E-state index >= 15 is 0 Å². The van der Waals surface area contributed by atoms with Crippen LogP contribution in [0.1, 0.15) is 23.9 Å². The van der Waals surface area contributed by atoms with Gasteiger partial charge in [0.25, 0.3) is 0 Å². The van der Waals surface area contributed by atoms with E-state index in [1.165, 1.54) is 16.8 Å². The highest BCUT2D eigenvalue weighted by Gasteiger charge is 2.32. The molecule has 0 fully saturated rings. The van der Waals surface area contributed by atoms with Crippen LogP contribution in [0.25, 0.3) is 0 Å². The average molecular weight is 530 g/mol. The number of anilines is 3. The quantitative estimate of drug-likeness (QED) is 0.496. The number of likely N-dealkylation sites (N-methyl/N-ethyl adjacent to an activating group) is 1. The molecule has 3 heterocycles. The first kappa shape index (κ1) is 26.4. The molecule has 3 aromatic rings. The van der Waals surface area contributed by atoms with Gasteiger partial charge in [0.1, 0.15) is 23.3 Å². The zero-order valence-electron chi connectivity index (χ0n) is 18.9. The number of ether oxygens (including phenoxy) is 1. The van der Waals surface area contributed by atoms with Crippen molar-refractivity contribution >= 4 is 48.2 Å². The molecule has 1 aromatic carbocycles. The standard InChI is InChI=1S/C21H21ClF3N7O2.H2S/c1-11-19-16(31(3)12(2)20(33)28-19)7-18(27-11)26-8-14-10-32(30-29-14)9-13-4-5-15(22)17(6-13)34-21(23,24)25;/h4-7,10,12H,8-9H2,1-3H3,(H,26,27)(H,28,33);1H2/t12-;/m0./s1. The lowest BCUT2D eigenvalue weighted by molar-refractivity contribution is -0.274. The summed E-state index contributed by atoms with van der Waals surface area (Å²) < 4.78 is 43.1. The van der Waals surface area contributed by atoms with Crippen molar-refractivity contribution in [1.82, 2.24) is 20.0 Å². The highest BCUT2D eigenvalue weighted by atomic mass is 35.5. The lowest BCUT2D eigenvalue weighted by Crippen LogP contribution is -2.44. The van der Waals surface area contributed by atoms with Gasteiger partial charge in [-0.2, -0.15) is 13.5 Å².